The molecule has 0 saturated carbocycles. The molecule has 1 heterocycles. The minimum absolute atomic E-state index is 0.269. The van der Waals surface area contributed by atoms with Crippen LogP contribution in [0.25, 0.3) is 10.9 Å². The lowest BCUT2D eigenvalue weighted by molar-refractivity contribution is -0.0759. The van der Waals surface area contributed by atoms with Crippen molar-refractivity contribution in [2.75, 3.05) is 14.2 Å². The van der Waals surface area contributed by atoms with E-state index in [0.717, 1.165) is 19.5 Å². The Balaban J connectivity index is 2.50. The van der Waals surface area contributed by atoms with Crippen LogP contribution in [0.15, 0.2) is 18.2 Å². The number of nitrogens with one attached hydrogen (secondary N) is 1. The van der Waals surface area contributed by atoms with Crippen LogP contribution in [-0.2, 0) is 4.84 Å². The molecule has 0 bridgehead atoms. The van der Waals surface area contributed by atoms with E-state index >= 15 is 0 Å². The number of hydroxylamine groups is 2. The number of carbonyl (C=O) groups is 1. The largest absolute Gasteiger partial charge is 0.298 e. The Kier molecular flexibility index (Phi) is 3.10. The van der Waals surface area contributed by atoms with Gasteiger partial charge in [-0.1, -0.05) is 0 Å². The molecule has 1 N–H and O–H groups in total. The average Bonchev–Trinajstić information content (AvgIpc) is 2.69. The monoisotopic (exact) mass is 331 g/mol. The highest BCUT2D eigenvalue weighted by atomic mass is 127. The van der Waals surface area contributed by atoms with Crippen molar-refractivity contribution in [2.24, 2.45) is 0 Å². The molecule has 0 aliphatic heterocycles. The van der Waals surface area contributed by atoms with Gasteiger partial charge in [0.2, 0.25) is 0 Å². The number of aromatic nitrogens is 2. The van der Waals surface area contributed by atoms with Crippen LogP contribution in [0.5, 0.6) is 0 Å². The maximum atomic E-state index is 11.9. The van der Waals surface area contributed by atoms with Crippen LogP contribution in [0.1, 0.15) is 10.5 Å². The topological polar surface area (TPSA) is 58.2 Å². The number of fused-ring (bicyclic) bond motifs is 1. The van der Waals surface area contributed by atoms with Crippen LogP contribution in [-0.4, -0.2) is 35.3 Å². The van der Waals surface area contributed by atoms with Gasteiger partial charge < -0.3 is 0 Å². The van der Waals surface area contributed by atoms with Gasteiger partial charge in [0, 0.05) is 16.0 Å². The first-order valence-electron chi connectivity index (χ1n) is 4.59. The van der Waals surface area contributed by atoms with Gasteiger partial charge >= 0.3 is 0 Å². The summed E-state index contributed by atoms with van der Waals surface area (Å²) in [6, 6.07) is 5.74. The summed E-state index contributed by atoms with van der Waals surface area (Å²) in [5, 5.41) is 8.78. The van der Waals surface area contributed by atoms with E-state index in [0.29, 0.717) is 5.69 Å². The highest BCUT2D eigenvalue weighted by molar-refractivity contribution is 14.1. The molecule has 5 nitrogen and oxygen atoms in total. The average molecular weight is 331 g/mol. The van der Waals surface area contributed by atoms with E-state index in [9.17, 15) is 4.79 Å². The molecule has 2 rings (SSSR count). The van der Waals surface area contributed by atoms with Crippen molar-refractivity contribution in [2.45, 2.75) is 0 Å². The predicted molar refractivity (Wildman–Crippen MR) is 67.9 cm³/mol. The smallest absolute Gasteiger partial charge is 0.277 e. The highest BCUT2D eigenvalue weighted by Gasteiger charge is 2.17. The molecular formula is C10H10IN3O2. The van der Waals surface area contributed by atoms with Crippen molar-refractivity contribution in [1.29, 1.82) is 0 Å². The predicted octanol–water partition coefficient (Wildman–Crippen LogP) is 1.80. The molecular weight excluding hydrogens is 321 g/mol. The first kappa shape index (κ1) is 11.3. The van der Waals surface area contributed by atoms with Crippen molar-refractivity contribution in [3.05, 3.63) is 27.5 Å². The Morgan fingerprint density at radius 1 is 1.56 bits per heavy atom. The number of hydrogen-bond acceptors (Lipinski definition) is 3. The molecule has 0 unspecified atom stereocenters. The number of amides is 1. The molecule has 1 aromatic carbocycles. The number of benzene rings is 1. The molecule has 1 aromatic heterocycles. The SMILES string of the molecule is CON(C)C(=O)c1n[nH]c2cc(I)ccc12. The fourth-order valence-electron chi connectivity index (χ4n) is 1.39. The summed E-state index contributed by atoms with van der Waals surface area (Å²) in [5.41, 5.74) is 1.22. The molecule has 0 aliphatic carbocycles. The van der Waals surface area contributed by atoms with Gasteiger partial charge in [0.15, 0.2) is 5.69 Å². The third-order valence-corrected chi connectivity index (χ3v) is 2.96. The van der Waals surface area contributed by atoms with Crippen molar-refractivity contribution in [3.8, 4) is 0 Å². The lowest BCUT2D eigenvalue weighted by atomic mass is 10.2. The number of hydrogen-bond donors (Lipinski definition) is 1. The summed E-state index contributed by atoms with van der Waals surface area (Å²) in [7, 11) is 2.99. The normalized spacial score (nSPS) is 10.7. The molecule has 0 spiro atoms. The van der Waals surface area contributed by atoms with Gasteiger partial charge in [0.05, 0.1) is 12.6 Å². The maximum Gasteiger partial charge on any atom is 0.298 e. The zero-order valence-corrected chi connectivity index (χ0v) is 11.0. The Hall–Kier alpha value is -1.15. The molecule has 0 fully saturated rings. The summed E-state index contributed by atoms with van der Waals surface area (Å²) in [6.45, 7) is 0. The molecule has 6 heteroatoms. The van der Waals surface area contributed by atoms with Gasteiger partial charge in [-0.3, -0.25) is 14.7 Å². The summed E-state index contributed by atoms with van der Waals surface area (Å²) < 4.78 is 1.09. The number of carbonyl (C=O) groups excluding carboxylic acids is 1. The van der Waals surface area contributed by atoms with Crippen molar-refractivity contribution in [1.82, 2.24) is 15.3 Å². The number of H-pyrrole nitrogens is 1. The van der Waals surface area contributed by atoms with Gasteiger partial charge in [-0.2, -0.15) is 5.10 Å². The van der Waals surface area contributed by atoms with Crippen LogP contribution in [0.3, 0.4) is 0 Å². The first-order valence-corrected chi connectivity index (χ1v) is 5.67. The second kappa shape index (κ2) is 4.38. The maximum absolute atomic E-state index is 11.9. The lowest BCUT2D eigenvalue weighted by Crippen LogP contribution is -2.25. The molecule has 0 saturated heterocycles. The Bertz CT molecular complexity index is 538. The zero-order chi connectivity index (χ0) is 11.7. The zero-order valence-electron chi connectivity index (χ0n) is 8.82. The number of nitrogens with zero attached hydrogens (tertiary/aromatic N) is 2. The summed E-state index contributed by atoms with van der Waals surface area (Å²) >= 11 is 2.21. The standard InChI is InChI=1S/C10H10IN3O2/c1-14(16-2)10(15)9-7-4-3-6(11)5-8(7)12-13-9/h3-5H,1-2H3,(H,12,13). The minimum atomic E-state index is -0.269. The summed E-state index contributed by atoms with van der Waals surface area (Å²) in [5.74, 6) is -0.269. The van der Waals surface area contributed by atoms with Gasteiger partial charge in [-0.25, -0.2) is 5.06 Å². The van der Waals surface area contributed by atoms with E-state index in [1.165, 1.54) is 7.11 Å². The lowest BCUT2D eigenvalue weighted by Gasteiger charge is -2.11. The fourth-order valence-corrected chi connectivity index (χ4v) is 1.88. The molecule has 2 aromatic rings. The minimum Gasteiger partial charge on any atom is -0.277 e. The molecule has 0 atom stereocenters. The summed E-state index contributed by atoms with van der Waals surface area (Å²) in [4.78, 5) is 16.7. The van der Waals surface area contributed by atoms with Gasteiger partial charge in [0.1, 0.15) is 0 Å². The highest BCUT2D eigenvalue weighted by Crippen LogP contribution is 2.19. The number of aromatic amines is 1. The van der Waals surface area contributed by atoms with E-state index in [2.05, 4.69) is 32.8 Å². The van der Waals surface area contributed by atoms with Gasteiger partial charge in [-0.15, -0.1) is 0 Å². The van der Waals surface area contributed by atoms with Crippen LogP contribution in [0, 0.1) is 3.57 Å². The molecule has 0 radical (unpaired) electrons. The number of halogens is 1. The van der Waals surface area contributed by atoms with Crippen LogP contribution < -0.4 is 0 Å². The van der Waals surface area contributed by atoms with Gasteiger partial charge in [-0.05, 0) is 40.8 Å². The Labute approximate surface area is 106 Å². The molecule has 1 amide bonds. The third-order valence-electron chi connectivity index (χ3n) is 2.29. The van der Waals surface area contributed by atoms with E-state index in [-0.39, 0.29) is 5.91 Å². The molecule has 0 aliphatic rings. The second-order valence-electron chi connectivity index (χ2n) is 3.25. The van der Waals surface area contributed by atoms with Crippen LogP contribution in [0.4, 0.5) is 0 Å². The summed E-state index contributed by atoms with van der Waals surface area (Å²) in [6.07, 6.45) is 0. The Morgan fingerprint density at radius 3 is 3.00 bits per heavy atom. The van der Waals surface area contributed by atoms with E-state index < -0.39 is 0 Å². The van der Waals surface area contributed by atoms with Crippen molar-refractivity contribution < 1.29 is 9.63 Å². The quantitative estimate of drug-likeness (QED) is 0.674. The molecule has 84 valence electrons. The number of rotatable bonds is 2. The third kappa shape index (κ3) is 1.90. The second-order valence-corrected chi connectivity index (χ2v) is 4.49. The van der Waals surface area contributed by atoms with E-state index in [1.54, 1.807) is 7.05 Å². The molecule has 16 heavy (non-hydrogen) atoms. The van der Waals surface area contributed by atoms with Gasteiger partial charge in [0.25, 0.3) is 5.91 Å². The van der Waals surface area contributed by atoms with Crippen LogP contribution in [0.2, 0.25) is 0 Å². The first-order chi connectivity index (χ1) is 7.63. The van der Waals surface area contributed by atoms with Crippen molar-refractivity contribution in [3.63, 3.8) is 0 Å². The Morgan fingerprint density at radius 2 is 2.31 bits per heavy atom. The fraction of sp³-hybridized carbons (Fsp3) is 0.200. The van der Waals surface area contributed by atoms with E-state index in [1.807, 2.05) is 18.2 Å². The van der Waals surface area contributed by atoms with E-state index in [4.69, 9.17) is 4.84 Å². The van der Waals surface area contributed by atoms with Crippen molar-refractivity contribution >= 4 is 39.4 Å². The van der Waals surface area contributed by atoms with Crippen LogP contribution >= 0.6 is 22.6 Å².